The molecule has 0 radical (unpaired) electrons. The van der Waals surface area contributed by atoms with Crippen LogP contribution in [0.3, 0.4) is 0 Å². The van der Waals surface area contributed by atoms with E-state index in [0.29, 0.717) is 12.3 Å². The largest absolute Gasteiger partial charge is 0.495 e. The summed E-state index contributed by atoms with van der Waals surface area (Å²) < 4.78 is 5.35. The number of rotatable bonds is 5. The number of methoxy groups -OCH3 is 1. The minimum absolute atomic E-state index is 0.0102. The highest BCUT2D eigenvalue weighted by molar-refractivity contribution is 5.89. The van der Waals surface area contributed by atoms with E-state index in [1.54, 1.807) is 7.11 Å². The minimum Gasteiger partial charge on any atom is -0.495 e. The van der Waals surface area contributed by atoms with Gasteiger partial charge in [-0.25, -0.2) is 0 Å². The monoisotopic (exact) mass is 299 g/mol. The predicted octanol–water partition coefficient (Wildman–Crippen LogP) is 3.89. The van der Waals surface area contributed by atoms with Crippen molar-refractivity contribution >= 4 is 11.5 Å². The van der Waals surface area contributed by atoms with E-state index < -0.39 is 0 Å². The molecule has 4 bridgehead atoms. The first-order chi connectivity index (χ1) is 10.7. The van der Waals surface area contributed by atoms with Gasteiger partial charge in [0.05, 0.1) is 19.3 Å². The third kappa shape index (κ3) is 2.31. The highest BCUT2D eigenvalue weighted by Crippen LogP contribution is 2.60. The number of ether oxygens (including phenoxy) is 1. The first-order valence-electron chi connectivity index (χ1n) is 8.59. The molecule has 1 aromatic carbocycles. The highest BCUT2D eigenvalue weighted by Gasteiger charge is 2.54. The van der Waals surface area contributed by atoms with Crippen LogP contribution in [0.15, 0.2) is 24.3 Å². The number of para-hydroxylation sites is 2. The zero-order chi connectivity index (χ0) is 15.2. The Bertz CT molecular complexity index is 545. The van der Waals surface area contributed by atoms with Crippen molar-refractivity contribution in [1.29, 1.82) is 0 Å². The molecule has 1 N–H and O–H groups in total. The Balaban J connectivity index is 1.46. The summed E-state index contributed by atoms with van der Waals surface area (Å²) in [5.41, 5.74) is 0.909. The van der Waals surface area contributed by atoms with Crippen LogP contribution in [-0.4, -0.2) is 19.4 Å². The molecule has 4 fully saturated rings. The summed E-state index contributed by atoms with van der Waals surface area (Å²) >= 11 is 0. The second-order valence-corrected chi connectivity index (χ2v) is 7.67. The van der Waals surface area contributed by atoms with E-state index in [4.69, 9.17) is 4.74 Å². The molecule has 4 aliphatic carbocycles. The van der Waals surface area contributed by atoms with Crippen LogP contribution in [0.25, 0.3) is 0 Å². The third-order valence-electron chi connectivity index (χ3n) is 6.18. The van der Waals surface area contributed by atoms with Crippen molar-refractivity contribution < 1.29 is 9.53 Å². The number of hydrogen-bond acceptors (Lipinski definition) is 3. The van der Waals surface area contributed by atoms with Crippen LogP contribution in [0.4, 0.5) is 5.69 Å². The number of hydrogen-bond donors (Lipinski definition) is 1. The Labute approximate surface area is 132 Å². The molecule has 0 saturated heterocycles. The van der Waals surface area contributed by atoms with Crippen LogP contribution in [0.2, 0.25) is 0 Å². The summed E-state index contributed by atoms with van der Waals surface area (Å²) in [6.07, 6.45) is 7.58. The smallest absolute Gasteiger partial charge is 0.158 e. The quantitative estimate of drug-likeness (QED) is 0.896. The van der Waals surface area contributed by atoms with Gasteiger partial charge in [0.25, 0.3) is 0 Å². The third-order valence-corrected chi connectivity index (χ3v) is 6.18. The van der Waals surface area contributed by atoms with Crippen molar-refractivity contribution in [2.75, 3.05) is 19.0 Å². The maximum Gasteiger partial charge on any atom is 0.158 e. The Morgan fingerprint density at radius 3 is 2.32 bits per heavy atom. The first kappa shape index (κ1) is 14.1. The molecule has 4 saturated carbocycles. The van der Waals surface area contributed by atoms with Crippen LogP contribution < -0.4 is 10.1 Å². The summed E-state index contributed by atoms with van der Waals surface area (Å²) in [5, 5.41) is 3.31. The van der Waals surface area contributed by atoms with E-state index in [-0.39, 0.29) is 5.41 Å². The molecule has 5 rings (SSSR count). The zero-order valence-electron chi connectivity index (χ0n) is 13.3. The van der Waals surface area contributed by atoms with Gasteiger partial charge in [-0.2, -0.15) is 0 Å². The molecule has 0 atom stereocenters. The van der Waals surface area contributed by atoms with Crippen molar-refractivity contribution in [1.82, 2.24) is 0 Å². The lowest BCUT2D eigenvalue weighted by atomic mass is 9.48. The minimum atomic E-state index is -0.0102. The summed E-state index contributed by atoms with van der Waals surface area (Å²) in [6.45, 7) is 0.437. The Kier molecular flexibility index (Phi) is 3.39. The number of carbonyl (C=O) groups excluding carboxylic acids is 1. The van der Waals surface area contributed by atoms with Gasteiger partial charge in [0.15, 0.2) is 5.78 Å². The molecule has 3 heteroatoms. The van der Waals surface area contributed by atoms with Crippen LogP contribution in [-0.2, 0) is 4.79 Å². The highest BCUT2D eigenvalue weighted by atomic mass is 16.5. The van der Waals surface area contributed by atoms with Gasteiger partial charge < -0.3 is 10.1 Å². The molecule has 0 amide bonds. The molecule has 0 unspecified atom stereocenters. The topological polar surface area (TPSA) is 38.3 Å². The van der Waals surface area contributed by atoms with Gasteiger partial charge in [-0.15, -0.1) is 0 Å². The fraction of sp³-hybridized carbons (Fsp3) is 0.632. The van der Waals surface area contributed by atoms with Gasteiger partial charge >= 0.3 is 0 Å². The van der Waals surface area contributed by atoms with E-state index in [0.717, 1.165) is 48.5 Å². The second-order valence-electron chi connectivity index (χ2n) is 7.67. The van der Waals surface area contributed by atoms with E-state index >= 15 is 0 Å². The zero-order valence-corrected chi connectivity index (χ0v) is 13.3. The maximum atomic E-state index is 13.0. The lowest BCUT2D eigenvalue weighted by Gasteiger charge is -2.56. The summed E-state index contributed by atoms with van der Waals surface area (Å²) in [5.74, 6) is 3.70. The molecule has 118 valence electrons. The molecular weight excluding hydrogens is 274 g/mol. The molecule has 22 heavy (non-hydrogen) atoms. The average Bonchev–Trinajstić information content (AvgIpc) is 2.51. The molecule has 0 heterocycles. The van der Waals surface area contributed by atoms with Crippen molar-refractivity contribution in [3.63, 3.8) is 0 Å². The first-order valence-corrected chi connectivity index (χ1v) is 8.59. The molecule has 0 spiro atoms. The van der Waals surface area contributed by atoms with Crippen molar-refractivity contribution in [3.8, 4) is 5.75 Å². The van der Waals surface area contributed by atoms with E-state index in [9.17, 15) is 4.79 Å². The Hall–Kier alpha value is -1.51. The number of benzene rings is 1. The van der Waals surface area contributed by atoms with Gasteiger partial charge in [-0.3, -0.25) is 4.79 Å². The number of carbonyl (C=O) groups is 1. The lowest BCUT2D eigenvalue weighted by Crippen LogP contribution is -2.51. The Morgan fingerprint density at radius 1 is 1.14 bits per heavy atom. The molecule has 0 aliphatic heterocycles. The standard InChI is InChI=1S/C19H25NO2/c1-22-17-5-3-2-4-16(17)20-12-18(21)19-9-13-6-14(10-19)8-15(7-13)11-19/h2-5,13-15,20H,6-12H2,1H3. The van der Waals surface area contributed by atoms with Gasteiger partial charge in [0, 0.05) is 5.41 Å². The SMILES string of the molecule is COc1ccccc1NCC(=O)C12CC3CC(CC(C3)C1)C2. The molecule has 3 nitrogen and oxygen atoms in total. The van der Waals surface area contributed by atoms with Crippen molar-refractivity contribution in [3.05, 3.63) is 24.3 Å². The lowest BCUT2D eigenvalue weighted by molar-refractivity contribution is -0.141. The van der Waals surface area contributed by atoms with Gasteiger partial charge in [0.1, 0.15) is 5.75 Å². The van der Waals surface area contributed by atoms with Crippen molar-refractivity contribution in [2.24, 2.45) is 23.2 Å². The second kappa shape index (κ2) is 5.29. The molecular formula is C19H25NO2. The van der Waals surface area contributed by atoms with E-state index in [1.807, 2.05) is 24.3 Å². The molecule has 0 aromatic heterocycles. The molecule has 4 aliphatic rings. The van der Waals surface area contributed by atoms with E-state index in [1.165, 1.54) is 19.3 Å². The number of nitrogens with one attached hydrogen (secondary N) is 1. The average molecular weight is 299 g/mol. The van der Waals surface area contributed by atoms with Gasteiger partial charge in [-0.05, 0) is 68.4 Å². The van der Waals surface area contributed by atoms with Crippen LogP contribution in [0, 0.1) is 23.2 Å². The summed E-state index contributed by atoms with van der Waals surface area (Å²) in [4.78, 5) is 13.0. The van der Waals surface area contributed by atoms with Crippen LogP contribution in [0.1, 0.15) is 38.5 Å². The van der Waals surface area contributed by atoms with Gasteiger partial charge in [-0.1, -0.05) is 12.1 Å². The van der Waals surface area contributed by atoms with Crippen LogP contribution >= 0.6 is 0 Å². The Morgan fingerprint density at radius 2 is 1.73 bits per heavy atom. The van der Waals surface area contributed by atoms with Gasteiger partial charge in [0.2, 0.25) is 0 Å². The van der Waals surface area contributed by atoms with E-state index in [2.05, 4.69) is 5.32 Å². The fourth-order valence-electron chi connectivity index (χ4n) is 5.61. The summed E-state index contributed by atoms with van der Waals surface area (Å²) in [6, 6.07) is 7.83. The predicted molar refractivity (Wildman–Crippen MR) is 87.1 cm³/mol. The fourth-order valence-corrected chi connectivity index (χ4v) is 5.61. The van der Waals surface area contributed by atoms with Crippen molar-refractivity contribution in [2.45, 2.75) is 38.5 Å². The maximum absolute atomic E-state index is 13.0. The number of anilines is 1. The molecule has 1 aromatic rings. The number of Topliss-reactive ketones (excluding diaryl/α,β-unsaturated/α-hetero) is 1. The van der Waals surface area contributed by atoms with Crippen LogP contribution in [0.5, 0.6) is 5.75 Å². The number of ketones is 1. The summed E-state index contributed by atoms with van der Waals surface area (Å²) in [7, 11) is 1.67. The normalized spacial score (nSPS) is 35.4.